The number of rotatable bonds is 5. The predicted molar refractivity (Wildman–Crippen MR) is 65.5 cm³/mol. The smallest absolute Gasteiger partial charge is 0.124 e. The van der Waals surface area contributed by atoms with Gasteiger partial charge in [0.25, 0.3) is 0 Å². The second-order valence-corrected chi connectivity index (χ2v) is 4.36. The highest BCUT2D eigenvalue weighted by molar-refractivity contribution is 14.1. The zero-order valence-electron chi connectivity index (χ0n) is 8.29. The van der Waals surface area contributed by atoms with Crippen molar-refractivity contribution >= 4 is 22.6 Å². The number of halogens is 1. The van der Waals surface area contributed by atoms with Crippen molar-refractivity contribution in [3.8, 4) is 5.75 Å². The molecule has 78 valence electrons. The van der Waals surface area contributed by atoms with Gasteiger partial charge in [-0.05, 0) is 47.2 Å². The third kappa shape index (κ3) is 3.46. The van der Waals surface area contributed by atoms with Crippen molar-refractivity contribution in [2.75, 3.05) is 6.61 Å². The minimum atomic E-state index is 0.0400. The molecule has 0 amide bonds. The summed E-state index contributed by atoms with van der Waals surface area (Å²) in [5.74, 6) is 0.807. The predicted octanol–water partition coefficient (Wildman–Crippen LogP) is 2.96. The summed E-state index contributed by atoms with van der Waals surface area (Å²) in [4.78, 5) is 0. The molecule has 1 N–H and O–H groups in total. The molecule has 0 bridgehead atoms. The van der Waals surface area contributed by atoms with Gasteiger partial charge in [-0.3, -0.25) is 0 Å². The SMILES string of the molecule is CCCCOc1ccc(I)cc1CO. The molecule has 0 saturated heterocycles. The van der Waals surface area contributed by atoms with Crippen LogP contribution in [0.3, 0.4) is 0 Å². The molecule has 14 heavy (non-hydrogen) atoms. The van der Waals surface area contributed by atoms with Crippen molar-refractivity contribution in [3.05, 3.63) is 27.3 Å². The van der Waals surface area contributed by atoms with Crippen molar-refractivity contribution < 1.29 is 9.84 Å². The van der Waals surface area contributed by atoms with E-state index in [2.05, 4.69) is 29.5 Å². The van der Waals surface area contributed by atoms with E-state index in [4.69, 9.17) is 9.84 Å². The largest absolute Gasteiger partial charge is 0.493 e. The fourth-order valence-corrected chi connectivity index (χ4v) is 1.69. The fraction of sp³-hybridized carbons (Fsp3) is 0.455. The van der Waals surface area contributed by atoms with Crippen LogP contribution in [0.15, 0.2) is 18.2 Å². The quantitative estimate of drug-likeness (QED) is 0.669. The zero-order chi connectivity index (χ0) is 10.4. The topological polar surface area (TPSA) is 29.5 Å². The third-order valence-electron chi connectivity index (χ3n) is 1.95. The number of hydrogen-bond acceptors (Lipinski definition) is 2. The average Bonchev–Trinajstić information content (AvgIpc) is 2.20. The van der Waals surface area contributed by atoms with E-state index in [1.165, 1.54) is 0 Å². The molecule has 0 saturated carbocycles. The van der Waals surface area contributed by atoms with E-state index in [9.17, 15) is 0 Å². The zero-order valence-corrected chi connectivity index (χ0v) is 10.5. The summed E-state index contributed by atoms with van der Waals surface area (Å²) in [6.07, 6.45) is 2.18. The molecule has 3 heteroatoms. The number of aliphatic hydroxyl groups excluding tert-OH is 1. The lowest BCUT2D eigenvalue weighted by Gasteiger charge is -2.09. The van der Waals surface area contributed by atoms with Gasteiger partial charge in [-0.2, -0.15) is 0 Å². The van der Waals surface area contributed by atoms with Gasteiger partial charge in [-0.25, -0.2) is 0 Å². The molecule has 0 aromatic heterocycles. The van der Waals surface area contributed by atoms with Crippen LogP contribution in [0.5, 0.6) is 5.75 Å². The van der Waals surface area contributed by atoms with Gasteiger partial charge in [0.05, 0.1) is 13.2 Å². The Morgan fingerprint density at radius 3 is 2.86 bits per heavy atom. The molecule has 0 aliphatic heterocycles. The summed E-state index contributed by atoms with van der Waals surface area (Å²) in [5, 5.41) is 9.12. The maximum Gasteiger partial charge on any atom is 0.124 e. The highest BCUT2D eigenvalue weighted by Crippen LogP contribution is 2.21. The van der Waals surface area contributed by atoms with Crippen molar-refractivity contribution in [1.29, 1.82) is 0 Å². The molecule has 1 aromatic rings. The van der Waals surface area contributed by atoms with Crippen molar-refractivity contribution in [2.45, 2.75) is 26.4 Å². The van der Waals surface area contributed by atoms with Crippen LogP contribution in [0.2, 0.25) is 0 Å². The lowest BCUT2D eigenvalue weighted by atomic mass is 10.2. The summed E-state index contributed by atoms with van der Waals surface area (Å²) in [5.41, 5.74) is 0.869. The van der Waals surface area contributed by atoms with Crippen LogP contribution in [0.25, 0.3) is 0 Å². The van der Waals surface area contributed by atoms with Gasteiger partial charge in [0.15, 0.2) is 0 Å². The summed E-state index contributed by atoms with van der Waals surface area (Å²) in [6, 6.07) is 5.85. The van der Waals surface area contributed by atoms with Gasteiger partial charge in [0, 0.05) is 9.13 Å². The van der Waals surface area contributed by atoms with E-state index < -0.39 is 0 Å². The Labute approximate surface area is 98.4 Å². The van der Waals surface area contributed by atoms with E-state index >= 15 is 0 Å². The minimum absolute atomic E-state index is 0.0400. The second kappa shape index (κ2) is 6.24. The molecule has 0 unspecified atom stereocenters. The van der Waals surface area contributed by atoms with Gasteiger partial charge in [0.2, 0.25) is 0 Å². The van der Waals surface area contributed by atoms with E-state index in [1.807, 2.05) is 18.2 Å². The van der Waals surface area contributed by atoms with E-state index in [0.29, 0.717) is 0 Å². The van der Waals surface area contributed by atoms with E-state index in [0.717, 1.165) is 34.3 Å². The number of hydrogen-bond donors (Lipinski definition) is 1. The first-order valence-electron chi connectivity index (χ1n) is 4.80. The van der Waals surface area contributed by atoms with Gasteiger partial charge >= 0.3 is 0 Å². The molecule has 0 aliphatic rings. The highest BCUT2D eigenvalue weighted by Gasteiger charge is 2.02. The van der Waals surface area contributed by atoms with Gasteiger partial charge in [-0.1, -0.05) is 13.3 Å². The molecule has 0 heterocycles. The van der Waals surface area contributed by atoms with Gasteiger partial charge in [-0.15, -0.1) is 0 Å². The van der Waals surface area contributed by atoms with Crippen LogP contribution in [0, 0.1) is 3.57 Å². The monoisotopic (exact) mass is 306 g/mol. The highest BCUT2D eigenvalue weighted by atomic mass is 127. The summed E-state index contributed by atoms with van der Waals surface area (Å²) >= 11 is 2.22. The molecular weight excluding hydrogens is 291 g/mol. The number of unbranched alkanes of at least 4 members (excludes halogenated alkanes) is 1. The minimum Gasteiger partial charge on any atom is -0.493 e. The van der Waals surface area contributed by atoms with Crippen LogP contribution in [0.4, 0.5) is 0 Å². The number of benzene rings is 1. The lowest BCUT2D eigenvalue weighted by molar-refractivity contribution is 0.261. The first-order chi connectivity index (χ1) is 6.77. The first kappa shape index (κ1) is 11.8. The Morgan fingerprint density at radius 2 is 2.21 bits per heavy atom. The summed E-state index contributed by atoms with van der Waals surface area (Å²) in [7, 11) is 0. The molecule has 0 atom stereocenters. The first-order valence-corrected chi connectivity index (χ1v) is 5.88. The Kier molecular flexibility index (Phi) is 5.25. The van der Waals surface area contributed by atoms with Crippen molar-refractivity contribution in [2.24, 2.45) is 0 Å². The normalized spacial score (nSPS) is 10.2. The Hall–Kier alpha value is -0.290. The number of aliphatic hydroxyl groups is 1. The van der Waals surface area contributed by atoms with Crippen LogP contribution >= 0.6 is 22.6 Å². The maximum absolute atomic E-state index is 9.12. The molecular formula is C11H15IO2. The van der Waals surface area contributed by atoms with Crippen LogP contribution in [-0.2, 0) is 6.61 Å². The standard InChI is InChI=1S/C11H15IO2/c1-2-3-6-14-11-5-4-10(12)7-9(11)8-13/h4-5,7,13H,2-3,6,8H2,1H3. The van der Waals surface area contributed by atoms with Gasteiger partial charge in [0.1, 0.15) is 5.75 Å². The number of ether oxygens (including phenoxy) is 1. The Bertz CT molecular complexity index is 287. The van der Waals surface area contributed by atoms with Crippen molar-refractivity contribution in [1.82, 2.24) is 0 Å². The van der Waals surface area contributed by atoms with Crippen LogP contribution < -0.4 is 4.74 Å². The van der Waals surface area contributed by atoms with Crippen LogP contribution in [0.1, 0.15) is 25.3 Å². The Balaban J connectivity index is 2.65. The van der Waals surface area contributed by atoms with E-state index in [1.54, 1.807) is 0 Å². The maximum atomic E-state index is 9.12. The third-order valence-corrected chi connectivity index (χ3v) is 2.62. The van der Waals surface area contributed by atoms with Gasteiger partial charge < -0.3 is 9.84 Å². The molecule has 1 rings (SSSR count). The molecule has 0 fully saturated rings. The van der Waals surface area contributed by atoms with Crippen LogP contribution in [-0.4, -0.2) is 11.7 Å². The van der Waals surface area contributed by atoms with Crippen molar-refractivity contribution in [3.63, 3.8) is 0 Å². The lowest BCUT2D eigenvalue weighted by Crippen LogP contribution is -2.00. The Morgan fingerprint density at radius 1 is 1.43 bits per heavy atom. The molecule has 1 aromatic carbocycles. The molecule has 0 radical (unpaired) electrons. The molecule has 0 aliphatic carbocycles. The fourth-order valence-electron chi connectivity index (χ4n) is 1.14. The summed E-state index contributed by atoms with van der Waals surface area (Å²) < 4.78 is 6.68. The van der Waals surface area contributed by atoms with E-state index in [-0.39, 0.29) is 6.61 Å². The second-order valence-electron chi connectivity index (χ2n) is 3.11. The summed E-state index contributed by atoms with van der Waals surface area (Å²) in [6.45, 7) is 2.90. The molecule has 0 spiro atoms. The molecule has 2 nitrogen and oxygen atoms in total. The average molecular weight is 306 g/mol.